The fourth-order valence-electron chi connectivity index (χ4n) is 3.03. The van der Waals surface area contributed by atoms with Gasteiger partial charge in [0.05, 0.1) is 7.11 Å². The first-order chi connectivity index (χ1) is 12.1. The molecule has 1 fully saturated rings. The van der Waals surface area contributed by atoms with E-state index in [2.05, 4.69) is 26.3 Å². The lowest BCUT2D eigenvalue weighted by molar-refractivity contribution is -0.120. The third kappa shape index (κ3) is 4.07. The number of aromatic nitrogens is 2. The molecule has 0 spiro atoms. The number of pyridine rings is 2. The van der Waals surface area contributed by atoms with Gasteiger partial charge in [0.2, 0.25) is 5.91 Å². The number of nitrogens with zero attached hydrogens (tertiary/aromatic N) is 3. The van der Waals surface area contributed by atoms with Gasteiger partial charge in [-0.2, -0.15) is 0 Å². The fraction of sp³-hybridized carbons (Fsp3) is 0.421. The molecule has 1 aliphatic heterocycles. The van der Waals surface area contributed by atoms with E-state index in [1.165, 1.54) is 0 Å². The summed E-state index contributed by atoms with van der Waals surface area (Å²) in [5.41, 5.74) is 1.99. The minimum absolute atomic E-state index is 0.00733. The van der Waals surface area contributed by atoms with Crippen LogP contribution in [0.3, 0.4) is 0 Å². The molecule has 0 atom stereocenters. The summed E-state index contributed by atoms with van der Waals surface area (Å²) in [4.78, 5) is 23.7. The molecular formula is C19H24N4O2. The number of nitrogens with one attached hydrogen (secondary N) is 1. The standard InChI is InChI=1S/C19H24N4O2/c1-13-4-7-17(20-12-13)23-10-8-15(9-11-23)19(24)22-18-16(25-3)6-5-14(2)21-18/h4-7,12,15H,8-11H2,1-3H3,(H,21,22,24). The second kappa shape index (κ2) is 7.51. The monoisotopic (exact) mass is 340 g/mol. The van der Waals surface area contributed by atoms with E-state index in [9.17, 15) is 4.79 Å². The Balaban J connectivity index is 1.60. The summed E-state index contributed by atoms with van der Waals surface area (Å²) in [7, 11) is 1.58. The molecular weight excluding hydrogens is 316 g/mol. The maximum atomic E-state index is 12.6. The number of piperidine rings is 1. The summed E-state index contributed by atoms with van der Waals surface area (Å²) < 4.78 is 5.28. The van der Waals surface area contributed by atoms with Crippen LogP contribution in [0, 0.1) is 19.8 Å². The average molecular weight is 340 g/mol. The average Bonchev–Trinajstić information content (AvgIpc) is 2.63. The van der Waals surface area contributed by atoms with Crippen LogP contribution in [-0.4, -0.2) is 36.1 Å². The van der Waals surface area contributed by atoms with Crippen LogP contribution >= 0.6 is 0 Å². The Morgan fingerprint density at radius 3 is 2.60 bits per heavy atom. The highest BCUT2D eigenvalue weighted by molar-refractivity contribution is 5.93. The molecule has 25 heavy (non-hydrogen) atoms. The van der Waals surface area contributed by atoms with Gasteiger partial charge in [0.15, 0.2) is 11.6 Å². The van der Waals surface area contributed by atoms with Crippen molar-refractivity contribution in [1.82, 2.24) is 9.97 Å². The van der Waals surface area contributed by atoms with Crippen molar-refractivity contribution in [2.24, 2.45) is 5.92 Å². The number of methoxy groups -OCH3 is 1. The Morgan fingerprint density at radius 1 is 1.20 bits per heavy atom. The van der Waals surface area contributed by atoms with Gasteiger partial charge >= 0.3 is 0 Å². The lowest BCUT2D eigenvalue weighted by Gasteiger charge is -2.32. The summed E-state index contributed by atoms with van der Waals surface area (Å²) >= 11 is 0. The highest BCUT2D eigenvalue weighted by atomic mass is 16.5. The number of ether oxygens (including phenoxy) is 1. The van der Waals surface area contributed by atoms with E-state index < -0.39 is 0 Å². The smallest absolute Gasteiger partial charge is 0.228 e. The number of rotatable bonds is 4. The fourth-order valence-corrected chi connectivity index (χ4v) is 3.03. The first kappa shape index (κ1) is 17.2. The normalized spacial score (nSPS) is 15.1. The molecule has 3 rings (SSSR count). The number of aryl methyl sites for hydroxylation is 2. The van der Waals surface area contributed by atoms with Crippen LogP contribution in [-0.2, 0) is 4.79 Å². The number of carbonyl (C=O) groups excluding carboxylic acids is 1. The predicted molar refractivity (Wildman–Crippen MR) is 98.1 cm³/mol. The van der Waals surface area contributed by atoms with Gasteiger partial charge in [0.25, 0.3) is 0 Å². The van der Waals surface area contributed by atoms with Crippen molar-refractivity contribution < 1.29 is 9.53 Å². The summed E-state index contributed by atoms with van der Waals surface area (Å²) in [5, 5.41) is 2.92. The lowest BCUT2D eigenvalue weighted by Crippen LogP contribution is -2.38. The van der Waals surface area contributed by atoms with Gasteiger partial charge in [0.1, 0.15) is 5.82 Å². The van der Waals surface area contributed by atoms with Crippen LogP contribution < -0.4 is 15.0 Å². The van der Waals surface area contributed by atoms with Gasteiger partial charge in [-0.05, 0) is 50.5 Å². The largest absolute Gasteiger partial charge is 0.493 e. The predicted octanol–water partition coefficient (Wildman–Crippen LogP) is 2.96. The number of hydrogen-bond acceptors (Lipinski definition) is 5. The lowest BCUT2D eigenvalue weighted by atomic mass is 9.96. The second-order valence-corrected chi connectivity index (χ2v) is 6.45. The van der Waals surface area contributed by atoms with Gasteiger partial charge in [-0.25, -0.2) is 9.97 Å². The zero-order chi connectivity index (χ0) is 17.8. The van der Waals surface area contributed by atoms with Gasteiger partial charge in [-0.15, -0.1) is 0 Å². The summed E-state index contributed by atoms with van der Waals surface area (Å²) in [6, 6.07) is 7.79. The van der Waals surface area contributed by atoms with Crippen molar-refractivity contribution in [2.75, 3.05) is 30.4 Å². The number of hydrogen-bond donors (Lipinski definition) is 1. The third-order valence-corrected chi connectivity index (χ3v) is 4.54. The van der Waals surface area contributed by atoms with E-state index in [0.717, 1.165) is 43.0 Å². The molecule has 1 N–H and O–H groups in total. The molecule has 0 bridgehead atoms. The topological polar surface area (TPSA) is 67.3 Å². The van der Waals surface area contributed by atoms with Crippen molar-refractivity contribution >= 4 is 17.5 Å². The maximum absolute atomic E-state index is 12.6. The zero-order valence-corrected chi connectivity index (χ0v) is 15.0. The highest BCUT2D eigenvalue weighted by Crippen LogP contribution is 2.26. The molecule has 0 radical (unpaired) electrons. The third-order valence-electron chi connectivity index (χ3n) is 4.54. The quantitative estimate of drug-likeness (QED) is 0.927. The van der Waals surface area contributed by atoms with Gasteiger partial charge in [-0.1, -0.05) is 6.07 Å². The van der Waals surface area contributed by atoms with Crippen LogP contribution in [0.5, 0.6) is 5.75 Å². The molecule has 132 valence electrons. The Kier molecular flexibility index (Phi) is 5.16. The molecule has 0 saturated carbocycles. The van der Waals surface area contributed by atoms with E-state index in [0.29, 0.717) is 11.6 Å². The minimum atomic E-state index is -0.0197. The van der Waals surface area contributed by atoms with E-state index in [-0.39, 0.29) is 11.8 Å². The molecule has 0 unspecified atom stereocenters. The van der Waals surface area contributed by atoms with E-state index in [1.807, 2.05) is 38.2 Å². The number of carbonyl (C=O) groups is 1. The molecule has 6 heteroatoms. The van der Waals surface area contributed by atoms with Gasteiger partial charge in [-0.3, -0.25) is 4.79 Å². The Bertz CT molecular complexity index is 738. The summed E-state index contributed by atoms with van der Waals surface area (Å²) in [6.07, 6.45) is 3.48. The summed E-state index contributed by atoms with van der Waals surface area (Å²) in [6.45, 7) is 5.57. The van der Waals surface area contributed by atoms with Crippen LogP contribution in [0.25, 0.3) is 0 Å². The van der Waals surface area contributed by atoms with Crippen molar-refractivity contribution in [2.45, 2.75) is 26.7 Å². The maximum Gasteiger partial charge on any atom is 0.228 e. The number of amides is 1. The number of anilines is 2. The summed E-state index contributed by atoms with van der Waals surface area (Å²) in [5.74, 6) is 2.04. The van der Waals surface area contributed by atoms with E-state index >= 15 is 0 Å². The first-order valence-electron chi connectivity index (χ1n) is 8.57. The molecule has 1 saturated heterocycles. The molecule has 0 aromatic carbocycles. The Hall–Kier alpha value is -2.63. The van der Waals surface area contributed by atoms with Crippen LogP contribution in [0.1, 0.15) is 24.1 Å². The van der Waals surface area contributed by atoms with E-state index in [4.69, 9.17) is 4.74 Å². The SMILES string of the molecule is COc1ccc(C)nc1NC(=O)C1CCN(c2ccc(C)cn2)CC1. The molecule has 3 heterocycles. The first-order valence-corrected chi connectivity index (χ1v) is 8.57. The molecule has 0 aliphatic carbocycles. The molecule has 2 aromatic rings. The van der Waals surface area contributed by atoms with Crippen LogP contribution in [0.4, 0.5) is 11.6 Å². The minimum Gasteiger partial charge on any atom is -0.493 e. The Morgan fingerprint density at radius 2 is 1.96 bits per heavy atom. The second-order valence-electron chi connectivity index (χ2n) is 6.45. The van der Waals surface area contributed by atoms with Crippen LogP contribution in [0.2, 0.25) is 0 Å². The van der Waals surface area contributed by atoms with Crippen LogP contribution in [0.15, 0.2) is 30.5 Å². The van der Waals surface area contributed by atoms with Crippen molar-refractivity contribution in [1.29, 1.82) is 0 Å². The highest BCUT2D eigenvalue weighted by Gasteiger charge is 2.26. The molecule has 1 amide bonds. The Labute approximate surface area is 148 Å². The molecule has 2 aromatic heterocycles. The van der Waals surface area contributed by atoms with Gasteiger partial charge < -0.3 is 15.0 Å². The molecule has 6 nitrogen and oxygen atoms in total. The van der Waals surface area contributed by atoms with Crippen molar-refractivity contribution in [3.8, 4) is 5.75 Å². The van der Waals surface area contributed by atoms with Gasteiger partial charge in [0, 0.05) is 30.9 Å². The van der Waals surface area contributed by atoms with E-state index in [1.54, 1.807) is 7.11 Å². The molecule has 1 aliphatic rings. The van der Waals surface area contributed by atoms with Crippen molar-refractivity contribution in [3.05, 3.63) is 41.7 Å². The zero-order valence-electron chi connectivity index (χ0n) is 15.0. The van der Waals surface area contributed by atoms with Crippen molar-refractivity contribution in [3.63, 3.8) is 0 Å².